The van der Waals surface area contributed by atoms with E-state index >= 15 is 0 Å². The van der Waals surface area contributed by atoms with Gasteiger partial charge in [-0.05, 0) is 24.6 Å². The molecular weight excluding hydrogens is 196 g/mol. The van der Waals surface area contributed by atoms with Gasteiger partial charge in [-0.3, -0.25) is 10.2 Å². The highest BCUT2D eigenvalue weighted by Gasteiger charge is 2.06. The van der Waals surface area contributed by atoms with E-state index in [0.29, 0.717) is 11.5 Å². The number of amides is 1. The lowest BCUT2D eigenvalue weighted by Crippen LogP contribution is -2.34. The first-order valence-electron chi connectivity index (χ1n) is 4.44. The number of carbonyl (C=O) groups excluding carboxylic acids is 1. The van der Waals surface area contributed by atoms with E-state index in [4.69, 9.17) is 15.3 Å². The van der Waals surface area contributed by atoms with Crippen LogP contribution in [0, 0.1) is 6.92 Å². The molecule has 1 aromatic rings. The fourth-order valence-electron chi connectivity index (χ4n) is 1.08. The molecule has 0 saturated carbocycles. The summed E-state index contributed by atoms with van der Waals surface area (Å²) in [6.07, 6.45) is 0. The second-order valence-corrected chi connectivity index (χ2v) is 3.01. The molecule has 0 fully saturated rings. The third kappa shape index (κ3) is 3.14. The third-order valence-electron chi connectivity index (χ3n) is 1.84. The second-order valence-electron chi connectivity index (χ2n) is 3.01. The Kier molecular flexibility index (Phi) is 3.93. The molecule has 0 bridgehead atoms. The van der Waals surface area contributed by atoms with Gasteiger partial charge in [0.2, 0.25) is 0 Å². The zero-order valence-electron chi connectivity index (χ0n) is 8.74. The number of hydrogen-bond donors (Lipinski definition) is 2. The minimum absolute atomic E-state index is 0.129. The summed E-state index contributed by atoms with van der Waals surface area (Å²) >= 11 is 0. The molecule has 0 spiro atoms. The van der Waals surface area contributed by atoms with Gasteiger partial charge in [-0.2, -0.15) is 0 Å². The molecule has 0 heterocycles. The molecular formula is C10H14N2O3. The summed E-state index contributed by atoms with van der Waals surface area (Å²) in [4.78, 5) is 10.8. The normalized spacial score (nSPS) is 9.53. The van der Waals surface area contributed by atoms with Crippen molar-refractivity contribution in [2.75, 3.05) is 13.7 Å². The predicted octanol–water partition coefficient (Wildman–Crippen LogP) is 0.372. The summed E-state index contributed by atoms with van der Waals surface area (Å²) in [7, 11) is 1.55. The lowest BCUT2D eigenvalue weighted by molar-refractivity contribution is -0.123. The van der Waals surface area contributed by atoms with Gasteiger partial charge in [0.15, 0.2) is 18.1 Å². The van der Waals surface area contributed by atoms with Crippen molar-refractivity contribution in [1.29, 1.82) is 0 Å². The molecule has 82 valence electrons. The third-order valence-corrected chi connectivity index (χ3v) is 1.84. The average molecular weight is 210 g/mol. The maximum atomic E-state index is 10.8. The van der Waals surface area contributed by atoms with Gasteiger partial charge in [0.1, 0.15) is 0 Å². The van der Waals surface area contributed by atoms with Crippen molar-refractivity contribution >= 4 is 5.91 Å². The van der Waals surface area contributed by atoms with Crippen molar-refractivity contribution in [2.45, 2.75) is 6.92 Å². The Balaban J connectivity index is 2.72. The molecule has 15 heavy (non-hydrogen) atoms. The molecule has 0 atom stereocenters. The molecule has 0 saturated heterocycles. The number of hydrogen-bond acceptors (Lipinski definition) is 4. The van der Waals surface area contributed by atoms with E-state index in [1.807, 2.05) is 24.5 Å². The van der Waals surface area contributed by atoms with Crippen LogP contribution in [0.2, 0.25) is 0 Å². The Labute approximate surface area is 88.1 Å². The summed E-state index contributed by atoms with van der Waals surface area (Å²) in [5.41, 5.74) is 3.04. The Hall–Kier alpha value is -1.75. The van der Waals surface area contributed by atoms with Crippen molar-refractivity contribution in [1.82, 2.24) is 5.43 Å². The summed E-state index contributed by atoms with van der Waals surface area (Å²) in [5, 5.41) is 0. The summed E-state index contributed by atoms with van der Waals surface area (Å²) in [6.45, 7) is 1.81. The molecule has 5 nitrogen and oxygen atoms in total. The molecule has 1 aromatic carbocycles. The van der Waals surface area contributed by atoms with E-state index in [2.05, 4.69) is 0 Å². The number of hydrazine groups is 1. The van der Waals surface area contributed by atoms with Crippen LogP contribution in [0.15, 0.2) is 18.2 Å². The summed E-state index contributed by atoms with van der Waals surface area (Å²) in [5.74, 6) is 5.65. The highest BCUT2D eigenvalue weighted by atomic mass is 16.5. The number of ether oxygens (including phenoxy) is 2. The van der Waals surface area contributed by atoms with Crippen LogP contribution in [0.4, 0.5) is 0 Å². The minimum Gasteiger partial charge on any atom is -0.493 e. The first-order valence-corrected chi connectivity index (χ1v) is 4.44. The van der Waals surface area contributed by atoms with E-state index in [1.165, 1.54) is 0 Å². The van der Waals surface area contributed by atoms with Crippen molar-refractivity contribution in [3.63, 3.8) is 0 Å². The van der Waals surface area contributed by atoms with Gasteiger partial charge in [-0.15, -0.1) is 0 Å². The van der Waals surface area contributed by atoms with Crippen LogP contribution in [-0.4, -0.2) is 19.6 Å². The monoisotopic (exact) mass is 210 g/mol. The minimum atomic E-state index is -0.391. The van der Waals surface area contributed by atoms with Crippen LogP contribution in [0.3, 0.4) is 0 Å². The van der Waals surface area contributed by atoms with Crippen molar-refractivity contribution < 1.29 is 14.3 Å². The molecule has 5 heteroatoms. The van der Waals surface area contributed by atoms with Gasteiger partial charge in [-0.25, -0.2) is 5.84 Å². The van der Waals surface area contributed by atoms with Crippen LogP contribution in [0.1, 0.15) is 5.56 Å². The largest absolute Gasteiger partial charge is 0.493 e. The standard InChI is InChI=1S/C10H14N2O3/c1-7-3-4-8(9(5-7)14-2)15-6-10(13)12-11/h3-5H,6,11H2,1-2H3,(H,12,13). The fraction of sp³-hybridized carbons (Fsp3) is 0.300. The van der Waals surface area contributed by atoms with Gasteiger partial charge < -0.3 is 9.47 Å². The highest BCUT2D eigenvalue weighted by molar-refractivity contribution is 5.76. The van der Waals surface area contributed by atoms with Crippen LogP contribution in [0.25, 0.3) is 0 Å². The quantitative estimate of drug-likeness (QED) is 0.428. The number of aryl methyl sites for hydroxylation is 1. The fourth-order valence-corrected chi connectivity index (χ4v) is 1.08. The number of rotatable bonds is 4. The van der Waals surface area contributed by atoms with Gasteiger partial charge in [0.25, 0.3) is 5.91 Å². The van der Waals surface area contributed by atoms with Crippen LogP contribution in [0.5, 0.6) is 11.5 Å². The van der Waals surface area contributed by atoms with Crippen LogP contribution < -0.4 is 20.7 Å². The van der Waals surface area contributed by atoms with Crippen LogP contribution in [-0.2, 0) is 4.79 Å². The molecule has 1 rings (SSSR count). The number of carbonyl (C=O) groups is 1. The molecule has 0 radical (unpaired) electrons. The first kappa shape index (κ1) is 11.3. The second kappa shape index (κ2) is 5.21. The number of nitrogens with one attached hydrogen (secondary N) is 1. The predicted molar refractivity (Wildman–Crippen MR) is 55.6 cm³/mol. The number of benzene rings is 1. The Bertz CT molecular complexity index is 353. The SMILES string of the molecule is COc1cc(C)ccc1OCC(=O)NN. The van der Waals surface area contributed by atoms with E-state index in [1.54, 1.807) is 13.2 Å². The number of methoxy groups -OCH3 is 1. The van der Waals surface area contributed by atoms with Gasteiger partial charge in [0.05, 0.1) is 7.11 Å². The summed E-state index contributed by atoms with van der Waals surface area (Å²) < 4.78 is 10.3. The molecule has 0 aliphatic rings. The smallest absolute Gasteiger partial charge is 0.271 e. The van der Waals surface area contributed by atoms with Crippen molar-refractivity contribution in [3.8, 4) is 11.5 Å². The Morgan fingerprint density at radius 3 is 2.80 bits per heavy atom. The van der Waals surface area contributed by atoms with E-state index < -0.39 is 5.91 Å². The maximum absolute atomic E-state index is 10.8. The zero-order valence-corrected chi connectivity index (χ0v) is 8.74. The molecule has 3 N–H and O–H groups in total. The van der Waals surface area contributed by atoms with E-state index in [0.717, 1.165) is 5.56 Å². The lowest BCUT2D eigenvalue weighted by atomic mass is 10.2. The number of nitrogens with two attached hydrogens (primary N) is 1. The first-order chi connectivity index (χ1) is 7.17. The van der Waals surface area contributed by atoms with Crippen molar-refractivity contribution in [2.24, 2.45) is 5.84 Å². The molecule has 0 aromatic heterocycles. The maximum Gasteiger partial charge on any atom is 0.271 e. The van der Waals surface area contributed by atoms with Gasteiger partial charge in [-0.1, -0.05) is 6.07 Å². The van der Waals surface area contributed by atoms with Gasteiger partial charge in [0, 0.05) is 0 Å². The topological polar surface area (TPSA) is 73.6 Å². The van der Waals surface area contributed by atoms with Crippen LogP contribution >= 0.6 is 0 Å². The molecule has 0 aliphatic heterocycles. The highest BCUT2D eigenvalue weighted by Crippen LogP contribution is 2.27. The van der Waals surface area contributed by atoms with E-state index in [-0.39, 0.29) is 6.61 Å². The molecule has 0 aliphatic carbocycles. The molecule has 1 amide bonds. The Morgan fingerprint density at radius 2 is 2.20 bits per heavy atom. The van der Waals surface area contributed by atoms with Gasteiger partial charge >= 0.3 is 0 Å². The Morgan fingerprint density at radius 1 is 1.47 bits per heavy atom. The zero-order chi connectivity index (χ0) is 11.3. The van der Waals surface area contributed by atoms with E-state index in [9.17, 15) is 4.79 Å². The van der Waals surface area contributed by atoms with Crippen molar-refractivity contribution in [3.05, 3.63) is 23.8 Å². The average Bonchev–Trinajstić information content (AvgIpc) is 2.26. The lowest BCUT2D eigenvalue weighted by Gasteiger charge is -2.10. The molecule has 0 unspecified atom stereocenters. The summed E-state index contributed by atoms with van der Waals surface area (Å²) in [6, 6.07) is 5.45.